The minimum atomic E-state index is -1.70. The summed E-state index contributed by atoms with van der Waals surface area (Å²) >= 11 is 0. The highest BCUT2D eigenvalue weighted by molar-refractivity contribution is 5.87. The number of carboxylic acid groups (broad SMARTS) is 1. The van der Waals surface area contributed by atoms with Crippen LogP contribution in [0.3, 0.4) is 0 Å². The van der Waals surface area contributed by atoms with Crippen molar-refractivity contribution in [1.29, 1.82) is 0 Å². The Bertz CT molecular complexity index is 1020. The predicted molar refractivity (Wildman–Crippen MR) is 123 cm³/mol. The molecule has 2 fully saturated rings. The molecule has 2 heterocycles. The first kappa shape index (κ1) is 27.0. The van der Waals surface area contributed by atoms with Crippen molar-refractivity contribution in [2.75, 3.05) is 13.2 Å². The van der Waals surface area contributed by atoms with E-state index in [4.69, 9.17) is 18.9 Å². The first-order valence-electron chi connectivity index (χ1n) is 11.9. The maximum Gasteiger partial charge on any atom is 0.334 e. The van der Waals surface area contributed by atoms with Gasteiger partial charge in [-0.3, -0.25) is 0 Å². The molecule has 0 amide bonds. The van der Waals surface area contributed by atoms with Crippen LogP contribution >= 0.6 is 0 Å². The van der Waals surface area contributed by atoms with E-state index in [-0.39, 0.29) is 23.8 Å². The third kappa shape index (κ3) is 5.95. The smallest absolute Gasteiger partial charge is 0.334 e. The molecule has 1 aromatic rings. The summed E-state index contributed by atoms with van der Waals surface area (Å²) in [6.07, 6.45) is -4.10. The van der Waals surface area contributed by atoms with Crippen LogP contribution < -0.4 is 0 Å². The molecule has 0 radical (unpaired) electrons. The van der Waals surface area contributed by atoms with Gasteiger partial charge >= 0.3 is 11.9 Å². The number of aliphatic hydroxyl groups excluding tert-OH is 4. The first-order valence-corrected chi connectivity index (χ1v) is 11.9. The maximum atomic E-state index is 12.1. The van der Waals surface area contributed by atoms with Gasteiger partial charge in [0.1, 0.15) is 36.8 Å². The van der Waals surface area contributed by atoms with Crippen LogP contribution in [0.25, 0.3) is 6.08 Å². The molecule has 2 unspecified atom stereocenters. The number of hydrogen-bond acceptors (Lipinski definition) is 11. The molecule has 1 aliphatic carbocycles. The zero-order chi connectivity index (χ0) is 26.7. The lowest BCUT2D eigenvalue weighted by Crippen LogP contribution is -2.60. The molecule has 37 heavy (non-hydrogen) atoms. The molecular formula is C25H30O12. The van der Waals surface area contributed by atoms with Crippen LogP contribution in [0.15, 0.2) is 42.2 Å². The summed E-state index contributed by atoms with van der Waals surface area (Å²) in [6, 6.07) is 6.08. The topological polar surface area (TPSA) is 192 Å². The number of rotatable bonds is 8. The molecule has 0 spiro atoms. The molecule has 3 aliphatic rings. The summed E-state index contributed by atoms with van der Waals surface area (Å²) in [5.74, 6) is -3.12. The molecule has 202 valence electrons. The van der Waals surface area contributed by atoms with Crippen molar-refractivity contribution in [3.8, 4) is 5.75 Å². The van der Waals surface area contributed by atoms with Crippen molar-refractivity contribution in [2.24, 2.45) is 17.8 Å². The number of ether oxygens (including phenoxy) is 4. The van der Waals surface area contributed by atoms with Gasteiger partial charge in [-0.05, 0) is 42.5 Å². The minimum absolute atomic E-state index is 0.0616. The molecule has 12 nitrogen and oxygen atoms in total. The molecule has 0 aromatic heterocycles. The lowest BCUT2D eigenvalue weighted by molar-refractivity contribution is -0.343. The Balaban J connectivity index is 1.40. The second-order valence-corrected chi connectivity index (χ2v) is 9.29. The predicted octanol–water partition coefficient (Wildman–Crippen LogP) is -0.268. The van der Waals surface area contributed by atoms with E-state index in [1.165, 1.54) is 18.2 Å². The highest BCUT2D eigenvalue weighted by atomic mass is 16.8. The number of esters is 1. The zero-order valence-electron chi connectivity index (χ0n) is 19.7. The summed E-state index contributed by atoms with van der Waals surface area (Å²) in [5, 5.41) is 59.7. The molecule has 1 aromatic carbocycles. The Morgan fingerprint density at radius 1 is 1.03 bits per heavy atom. The minimum Gasteiger partial charge on any atom is -0.508 e. The zero-order valence-corrected chi connectivity index (χ0v) is 19.7. The van der Waals surface area contributed by atoms with Gasteiger partial charge in [0.05, 0.1) is 11.8 Å². The Kier molecular flexibility index (Phi) is 8.47. The fourth-order valence-electron chi connectivity index (χ4n) is 5.01. The van der Waals surface area contributed by atoms with Gasteiger partial charge in [-0.2, -0.15) is 0 Å². The lowest BCUT2D eigenvalue weighted by atomic mass is 9.83. The average molecular weight is 523 g/mol. The van der Waals surface area contributed by atoms with Crippen molar-refractivity contribution in [2.45, 2.75) is 49.8 Å². The monoisotopic (exact) mass is 522 g/mol. The van der Waals surface area contributed by atoms with E-state index in [9.17, 15) is 40.2 Å². The molecule has 6 N–H and O–H groups in total. The van der Waals surface area contributed by atoms with Gasteiger partial charge < -0.3 is 49.6 Å². The van der Waals surface area contributed by atoms with Crippen LogP contribution in [0, 0.1) is 17.8 Å². The number of aliphatic carboxylic acids is 1. The molecule has 2 aliphatic heterocycles. The standard InChI is InChI=1S/C25H30O12/c26-9-13-4-7-15-16(23(32)33)10-35-24(19(13)15)37-25-22(31)21(30)20(29)17(36-25)11-34-18(28)8-3-12-1-5-14(27)6-2-12/h1-3,5-6,8,10,13,15,17,19-22,24-27,29-31H,4,7,9,11H2,(H,32,33)/b8-3+/t13?,15-,17-,19?,20-,21+,22-,24+,25+/m1/s1. The van der Waals surface area contributed by atoms with E-state index in [0.717, 1.165) is 12.3 Å². The third-order valence-electron chi connectivity index (χ3n) is 7.01. The molecule has 1 saturated heterocycles. The lowest BCUT2D eigenvalue weighted by Gasteiger charge is -2.43. The van der Waals surface area contributed by atoms with E-state index < -0.39 is 67.4 Å². The Morgan fingerprint density at radius 3 is 2.43 bits per heavy atom. The van der Waals surface area contributed by atoms with Crippen molar-refractivity contribution in [1.82, 2.24) is 0 Å². The summed E-state index contributed by atoms with van der Waals surface area (Å²) in [7, 11) is 0. The van der Waals surface area contributed by atoms with Crippen molar-refractivity contribution >= 4 is 18.0 Å². The van der Waals surface area contributed by atoms with Crippen LogP contribution in [-0.4, -0.2) is 92.8 Å². The quantitative estimate of drug-likeness (QED) is 0.194. The van der Waals surface area contributed by atoms with Crippen LogP contribution in [0.5, 0.6) is 5.75 Å². The van der Waals surface area contributed by atoms with Gasteiger partial charge in [0.2, 0.25) is 6.29 Å². The number of carbonyl (C=O) groups excluding carboxylic acids is 1. The van der Waals surface area contributed by atoms with Crippen LogP contribution in [-0.2, 0) is 28.5 Å². The first-order chi connectivity index (χ1) is 17.7. The Labute approximate surface area is 212 Å². The molecule has 12 heteroatoms. The maximum absolute atomic E-state index is 12.1. The third-order valence-corrected chi connectivity index (χ3v) is 7.01. The van der Waals surface area contributed by atoms with Crippen LogP contribution in [0.4, 0.5) is 0 Å². The number of aromatic hydroxyl groups is 1. The number of benzene rings is 1. The van der Waals surface area contributed by atoms with Gasteiger partial charge in [0, 0.05) is 24.5 Å². The molecule has 0 bridgehead atoms. The van der Waals surface area contributed by atoms with E-state index in [0.29, 0.717) is 18.4 Å². The normalized spacial score (nSPS) is 35.5. The van der Waals surface area contributed by atoms with Gasteiger partial charge in [-0.1, -0.05) is 12.1 Å². The van der Waals surface area contributed by atoms with Crippen molar-refractivity contribution in [3.05, 3.63) is 47.7 Å². The number of carboxylic acids is 1. The fraction of sp³-hybridized carbons (Fsp3) is 0.520. The molecular weight excluding hydrogens is 492 g/mol. The number of phenolic OH excluding ortho intramolecular Hbond substituents is 1. The van der Waals surface area contributed by atoms with E-state index in [2.05, 4.69) is 0 Å². The summed E-state index contributed by atoms with van der Waals surface area (Å²) in [6.45, 7) is -0.688. The van der Waals surface area contributed by atoms with Crippen molar-refractivity contribution < 1.29 is 59.2 Å². The molecule has 1 saturated carbocycles. The SMILES string of the molecule is O=C(/C=C/c1ccc(O)cc1)OC[C@H]1O[C@@H](O[C@@H]2OC=C(C(=O)O)[C@H]3CCC(CO)C23)[C@H](O)[C@@H](O)[C@@H]1O. The molecule has 9 atom stereocenters. The number of fused-ring (bicyclic) bond motifs is 1. The van der Waals surface area contributed by atoms with Crippen molar-refractivity contribution in [3.63, 3.8) is 0 Å². The van der Waals surface area contributed by atoms with E-state index in [1.807, 2.05) is 0 Å². The van der Waals surface area contributed by atoms with Crippen LogP contribution in [0.1, 0.15) is 18.4 Å². The highest BCUT2D eigenvalue weighted by Gasteiger charge is 2.51. The Hall–Kier alpha value is -3.00. The largest absolute Gasteiger partial charge is 0.508 e. The van der Waals surface area contributed by atoms with E-state index >= 15 is 0 Å². The number of aliphatic hydroxyl groups is 4. The second kappa shape index (κ2) is 11.6. The second-order valence-electron chi connectivity index (χ2n) is 9.29. The average Bonchev–Trinajstić information content (AvgIpc) is 3.32. The fourth-order valence-corrected chi connectivity index (χ4v) is 5.01. The van der Waals surface area contributed by atoms with Gasteiger partial charge in [-0.15, -0.1) is 0 Å². The van der Waals surface area contributed by atoms with Gasteiger partial charge in [-0.25, -0.2) is 9.59 Å². The van der Waals surface area contributed by atoms with Gasteiger partial charge in [0.25, 0.3) is 0 Å². The molecule has 4 rings (SSSR count). The van der Waals surface area contributed by atoms with Gasteiger partial charge in [0.15, 0.2) is 6.29 Å². The van der Waals surface area contributed by atoms with E-state index in [1.54, 1.807) is 12.1 Å². The van der Waals surface area contributed by atoms with Crippen LogP contribution in [0.2, 0.25) is 0 Å². The number of carbonyl (C=O) groups is 2. The highest BCUT2D eigenvalue weighted by Crippen LogP contribution is 2.47. The Morgan fingerprint density at radius 2 is 1.76 bits per heavy atom. The number of phenols is 1. The summed E-state index contributed by atoms with van der Waals surface area (Å²) < 4.78 is 22.0. The summed E-state index contributed by atoms with van der Waals surface area (Å²) in [4.78, 5) is 23.7. The summed E-state index contributed by atoms with van der Waals surface area (Å²) in [5.41, 5.74) is 0.696. The number of hydrogen-bond donors (Lipinski definition) is 6.